The standard InChI is InChI=1S/C10H10FNO2/c1-6-4-8(11)5-7(10(6)12)2-3-9(13)14/h2-5H,12H2,1H3,(H,13,14). The van der Waals surface area contributed by atoms with E-state index < -0.39 is 11.8 Å². The Kier molecular flexibility index (Phi) is 2.86. The molecule has 0 heterocycles. The van der Waals surface area contributed by atoms with Crippen molar-refractivity contribution in [3.63, 3.8) is 0 Å². The number of carboxylic acid groups (broad SMARTS) is 1. The van der Waals surface area contributed by atoms with Crippen molar-refractivity contribution in [2.24, 2.45) is 0 Å². The van der Waals surface area contributed by atoms with Gasteiger partial charge in [0.15, 0.2) is 0 Å². The van der Waals surface area contributed by atoms with Gasteiger partial charge >= 0.3 is 5.97 Å². The van der Waals surface area contributed by atoms with Crippen LogP contribution in [0.25, 0.3) is 6.08 Å². The van der Waals surface area contributed by atoms with E-state index in [0.717, 1.165) is 6.08 Å². The summed E-state index contributed by atoms with van der Waals surface area (Å²) in [6.07, 6.45) is 2.19. The molecular weight excluding hydrogens is 185 g/mol. The normalized spacial score (nSPS) is 10.7. The highest BCUT2D eigenvalue weighted by Gasteiger charge is 2.02. The largest absolute Gasteiger partial charge is 0.478 e. The van der Waals surface area contributed by atoms with E-state index in [-0.39, 0.29) is 0 Å². The molecule has 0 aromatic heterocycles. The van der Waals surface area contributed by atoms with Gasteiger partial charge in [0, 0.05) is 17.3 Å². The zero-order valence-electron chi connectivity index (χ0n) is 7.62. The summed E-state index contributed by atoms with van der Waals surface area (Å²) in [6, 6.07) is 2.50. The minimum Gasteiger partial charge on any atom is -0.478 e. The van der Waals surface area contributed by atoms with Crippen molar-refractivity contribution in [3.05, 3.63) is 35.2 Å². The number of nitrogen functional groups attached to an aromatic ring is 1. The Bertz CT molecular complexity index is 399. The highest BCUT2D eigenvalue weighted by molar-refractivity contribution is 5.86. The third-order valence-electron chi connectivity index (χ3n) is 1.79. The van der Waals surface area contributed by atoms with Crippen LogP contribution in [-0.4, -0.2) is 11.1 Å². The molecule has 0 aliphatic heterocycles. The number of halogens is 1. The number of hydrogen-bond donors (Lipinski definition) is 2. The van der Waals surface area contributed by atoms with Crippen LogP contribution in [0.15, 0.2) is 18.2 Å². The first kappa shape index (κ1) is 10.2. The van der Waals surface area contributed by atoms with E-state index in [1.54, 1.807) is 6.92 Å². The number of carboxylic acids is 1. The first-order valence-corrected chi connectivity index (χ1v) is 3.97. The van der Waals surface area contributed by atoms with Crippen LogP contribution in [0.5, 0.6) is 0 Å². The summed E-state index contributed by atoms with van der Waals surface area (Å²) >= 11 is 0. The van der Waals surface area contributed by atoms with Crippen molar-refractivity contribution in [1.29, 1.82) is 0 Å². The molecule has 0 amide bonds. The van der Waals surface area contributed by atoms with Crippen LogP contribution in [0.3, 0.4) is 0 Å². The number of nitrogens with two attached hydrogens (primary N) is 1. The van der Waals surface area contributed by atoms with Crippen LogP contribution < -0.4 is 5.73 Å². The van der Waals surface area contributed by atoms with Crippen LogP contribution in [0.1, 0.15) is 11.1 Å². The molecule has 1 rings (SSSR count). The number of aliphatic carboxylic acids is 1. The van der Waals surface area contributed by atoms with Gasteiger partial charge in [0.05, 0.1) is 0 Å². The highest BCUT2D eigenvalue weighted by Crippen LogP contribution is 2.19. The van der Waals surface area contributed by atoms with Crippen LogP contribution in [0, 0.1) is 12.7 Å². The van der Waals surface area contributed by atoms with Crippen molar-refractivity contribution in [3.8, 4) is 0 Å². The fraction of sp³-hybridized carbons (Fsp3) is 0.100. The smallest absolute Gasteiger partial charge is 0.328 e. The SMILES string of the molecule is Cc1cc(F)cc(C=CC(=O)O)c1N. The molecule has 14 heavy (non-hydrogen) atoms. The molecule has 0 aliphatic carbocycles. The Morgan fingerprint density at radius 1 is 1.57 bits per heavy atom. The quantitative estimate of drug-likeness (QED) is 0.558. The molecule has 4 heteroatoms. The summed E-state index contributed by atoms with van der Waals surface area (Å²) in [5.74, 6) is -1.52. The molecule has 74 valence electrons. The Labute approximate surface area is 80.7 Å². The molecule has 0 spiro atoms. The van der Waals surface area contributed by atoms with Crippen LogP contribution in [0.2, 0.25) is 0 Å². The van der Waals surface area contributed by atoms with Gasteiger partial charge in [-0.05, 0) is 30.7 Å². The monoisotopic (exact) mass is 195 g/mol. The van der Waals surface area contributed by atoms with Crippen molar-refractivity contribution in [2.75, 3.05) is 5.73 Å². The molecule has 0 aliphatic rings. The van der Waals surface area contributed by atoms with Crippen LogP contribution >= 0.6 is 0 Å². The van der Waals surface area contributed by atoms with Gasteiger partial charge < -0.3 is 10.8 Å². The zero-order chi connectivity index (χ0) is 10.7. The Morgan fingerprint density at radius 2 is 2.21 bits per heavy atom. The molecule has 1 aromatic carbocycles. The van der Waals surface area contributed by atoms with Crippen molar-refractivity contribution >= 4 is 17.7 Å². The predicted molar refractivity (Wildman–Crippen MR) is 52.2 cm³/mol. The van der Waals surface area contributed by atoms with E-state index in [1.165, 1.54) is 18.2 Å². The lowest BCUT2D eigenvalue weighted by atomic mass is 10.1. The maximum atomic E-state index is 12.9. The van der Waals surface area contributed by atoms with E-state index in [0.29, 0.717) is 16.8 Å². The molecule has 3 N–H and O–H groups in total. The van der Waals surface area contributed by atoms with Crippen LogP contribution in [0.4, 0.5) is 10.1 Å². The van der Waals surface area contributed by atoms with Crippen molar-refractivity contribution in [2.45, 2.75) is 6.92 Å². The molecule has 0 unspecified atom stereocenters. The number of carbonyl (C=O) groups is 1. The second-order valence-electron chi connectivity index (χ2n) is 2.90. The Balaban J connectivity index is 3.14. The van der Waals surface area contributed by atoms with Gasteiger partial charge in [0.1, 0.15) is 5.82 Å². The van der Waals surface area contributed by atoms with Gasteiger partial charge in [0.25, 0.3) is 0 Å². The van der Waals surface area contributed by atoms with E-state index in [1.807, 2.05) is 0 Å². The number of anilines is 1. The molecular formula is C10H10FNO2. The van der Waals surface area contributed by atoms with Gasteiger partial charge in [-0.15, -0.1) is 0 Å². The number of benzene rings is 1. The minimum atomic E-state index is -1.09. The molecule has 0 saturated heterocycles. The molecule has 0 bridgehead atoms. The third-order valence-corrected chi connectivity index (χ3v) is 1.79. The second kappa shape index (κ2) is 3.91. The first-order valence-electron chi connectivity index (χ1n) is 3.97. The summed E-state index contributed by atoms with van der Waals surface area (Å²) in [4.78, 5) is 10.2. The maximum Gasteiger partial charge on any atom is 0.328 e. The molecule has 0 saturated carbocycles. The van der Waals surface area contributed by atoms with Crippen LogP contribution in [-0.2, 0) is 4.79 Å². The second-order valence-corrected chi connectivity index (χ2v) is 2.90. The van der Waals surface area contributed by atoms with Gasteiger partial charge in [-0.25, -0.2) is 9.18 Å². The number of aryl methyl sites for hydroxylation is 1. The molecule has 0 radical (unpaired) electrons. The predicted octanol–water partition coefficient (Wildman–Crippen LogP) is 1.81. The summed E-state index contributed by atoms with van der Waals surface area (Å²) in [7, 11) is 0. The van der Waals surface area contributed by atoms with Gasteiger partial charge in [0.2, 0.25) is 0 Å². The van der Waals surface area contributed by atoms with Gasteiger partial charge in [-0.2, -0.15) is 0 Å². The number of hydrogen-bond acceptors (Lipinski definition) is 2. The minimum absolute atomic E-state index is 0.380. The van der Waals surface area contributed by atoms with E-state index in [9.17, 15) is 9.18 Å². The molecule has 0 fully saturated rings. The van der Waals surface area contributed by atoms with E-state index >= 15 is 0 Å². The maximum absolute atomic E-state index is 12.9. The number of rotatable bonds is 2. The molecule has 0 atom stereocenters. The van der Waals surface area contributed by atoms with E-state index in [4.69, 9.17) is 10.8 Å². The summed E-state index contributed by atoms with van der Waals surface area (Å²) in [5, 5.41) is 8.38. The van der Waals surface area contributed by atoms with Gasteiger partial charge in [-0.1, -0.05) is 0 Å². The Hall–Kier alpha value is -1.84. The lowest BCUT2D eigenvalue weighted by molar-refractivity contribution is -0.131. The van der Waals surface area contributed by atoms with Gasteiger partial charge in [-0.3, -0.25) is 0 Å². The fourth-order valence-corrected chi connectivity index (χ4v) is 1.08. The molecule has 3 nitrogen and oxygen atoms in total. The third kappa shape index (κ3) is 2.32. The first-order chi connectivity index (χ1) is 6.50. The topological polar surface area (TPSA) is 63.3 Å². The lowest BCUT2D eigenvalue weighted by Gasteiger charge is -2.04. The lowest BCUT2D eigenvalue weighted by Crippen LogP contribution is -1.95. The summed E-state index contributed by atoms with van der Waals surface area (Å²) in [5.41, 5.74) is 6.99. The van der Waals surface area contributed by atoms with Crippen molar-refractivity contribution in [1.82, 2.24) is 0 Å². The average molecular weight is 195 g/mol. The summed E-state index contributed by atoms with van der Waals surface area (Å²) < 4.78 is 12.9. The van der Waals surface area contributed by atoms with E-state index in [2.05, 4.69) is 0 Å². The average Bonchev–Trinajstić information content (AvgIpc) is 2.08. The van der Waals surface area contributed by atoms with Crippen molar-refractivity contribution < 1.29 is 14.3 Å². The Morgan fingerprint density at radius 3 is 2.79 bits per heavy atom. The zero-order valence-corrected chi connectivity index (χ0v) is 7.62. The summed E-state index contributed by atoms with van der Waals surface area (Å²) in [6.45, 7) is 1.66. The molecule has 1 aromatic rings. The fourth-order valence-electron chi connectivity index (χ4n) is 1.08. The highest BCUT2D eigenvalue weighted by atomic mass is 19.1.